The highest BCUT2D eigenvalue weighted by Gasteiger charge is 2.32. The van der Waals surface area contributed by atoms with Crippen LogP contribution in [-0.4, -0.2) is 53.0 Å². The molecular formula is C20H18BrF3N4O3. The number of rotatable bonds is 4. The molecule has 0 aliphatic carbocycles. The Labute approximate surface area is 183 Å². The molecule has 0 bridgehead atoms. The van der Waals surface area contributed by atoms with Crippen LogP contribution in [0.4, 0.5) is 24.7 Å². The average Bonchev–Trinajstić information content (AvgIpc) is 3.12. The van der Waals surface area contributed by atoms with Crippen molar-refractivity contribution in [2.75, 3.05) is 31.6 Å². The van der Waals surface area contributed by atoms with Crippen LogP contribution in [-0.2, 0) is 11.8 Å². The zero-order valence-electron chi connectivity index (χ0n) is 16.4. The highest BCUT2D eigenvalue weighted by Crippen LogP contribution is 2.34. The van der Waals surface area contributed by atoms with E-state index in [1.54, 1.807) is 4.90 Å². The number of fused-ring (bicyclic) bond motifs is 1. The predicted octanol–water partition coefficient (Wildman–Crippen LogP) is 4.45. The van der Waals surface area contributed by atoms with E-state index in [0.29, 0.717) is 54.3 Å². The molecule has 1 aliphatic heterocycles. The van der Waals surface area contributed by atoms with E-state index in [2.05, 4.69) is 31.0 Å². The molecule has 0 saturated carbocycles. The van der Waals surface area contributed by atoms with Crippen LogP contribution in [0, 0.1) is 0 Å². The number of anilines is 2. The molecular weight excluding hydrogens is 481 g/mol. The van der Waals surface area contributed by atoms with Gasteiger partial charge in [0, 0.05) is 43.6 Å². The molecule has 164 valence electrons. The van der Waals surface area contributed by atoms with Gasteiger partial charge in [-0.1, -0.05) is 0 Å². The van der Waals surface area contributed by atoms with E-state index in [-0.39, 0.29) is 16.1 Å². The second kappa shape index (κ2) is 8.39. The Morgan fingerprint density at radius 3 is 2.68 bits per heavy atom. The molecule has 0 atom stereocenters. The number of hydrogen-bond donors (Lipinski definition) is 1. The van der Waals surface area contributed by atoms with Crippen LogP contribution in [0.3, 0.4) is 0 Å². The summed E-state index contributed by atoms with van der Waals surface area (Å²) in [6.45, 7) is 2.03. The highest BCUT2D eigenvalue weighted by atomic mass is 79.9. The van der Waals surface area contributed by atoms with Gasteiger partial charge in [-0.2, -0.15) is 0 Å². The van der Waals surface area contributed by atoms with Gasteiger partial charge in [0.05, 0.1) is 28.8 Å². The van der Waals surface area contributed by atoms with Crippen LogP contribution in [0.5, 0.6) is 5.75 Å². The Morgan fingerprint density at radius 1 is 1.26 bits per heavy atom. The van der Waals surface area contributed by atoms with Gasteiger partial charge in [0.25, 0.3) is 5.91 Å². The molecule has 1 aliphatic rings. The standard InChI is InChI=1S/C20H18BrF3N4O3/c1-27-5-4-13-17(27)14(19(29)28-6-8-30-9-7-28)11-25-18(13)26-12-2-3-16(15(21)10-12)31-20(22,23)24/h2-5,10-11H,6-9H2,1H3,(H,25,26). The summed E-state index contributed by atoms with van der Waals surface area (Å²) in [7, 11) is 1.84. The van der Waals surface area contributed by atoms with Crippen molar-refractivity contribution in [3.63, 3.8) is 0 Å². The zero-order chi connectivity index (χ0) is 22.2. The van der Waals surface area contributed by atoms with Crippen LogP contribution in [0.25, 0.3) is 10.9 Å². The molecule has 4 rings (SSSR count). The number of aryl methyl sites for hydroxylation is 1. The monoisotopic (exact) mass is 498 g/mol. The van der Waals surface area contributed by atoms with Crippen molar-refractivity contribution in [2.24, 2.45) is 7.05 Å². The molecule has 3 aromatic rings. The Balaban J connectivity index is 1.64. The first-order valence-electron chi connectivity index (χ1n) is 9.36. The number of nitrogens with one attached hydrogen (secondary N) is 1. The van der Waals surface area contributed by atoms with Crippen molar-refractivity contribution in [1.82, 2.24) is 14.5 Å². The van der Waals surface area contributed by atoms with Crippen molar-refractivity contribution in [1.29, 1.82) is 0 Å². The zero-order valence-corrected chi connectivity index (χ0v) is 18.0. The Bertz CT molecular complexity index is 1130. The summed E-state index contributed by atoms with van der Waals surface area (Å²) in [6, 6.07) is 5.95. The number of alkyl halides is 3. The molecule has 11 heteroatoms. The topological polar surface area (TPSA) is 68.6 Å². The summed E-state index contributed by atoms with van der Waals surface area (Å²) < 4.78 is 48.7. The second-order valence-electron chi connectivity index (χ2n) is 6.93. The molecule has 1 fully saturated rings. The maximum absolute atomic E-state index is 13.0. The molecule has 0 spiro atoms. The van der Waals surface area contributed by atoms with Crippen molar-refractivity contribution in [3.8, 4) is 5.75 Å². The Morgan fingerprint density at radius 2 is 2.00 bits per heavy atom. The molecule has 1 aromatic carbocycles. The lowest BCUT2D eigenvalue weighted by molar-refractivity contribution is -0.274. The molecule has 7 nitrogen and oxygen atoms in total. The largest absolute Gasteiger partial charge is 0.573 e. The smallest absolute Gasteiger partial charge is 0.405 e. The van der Waals surface area contributed by atoms with Gasteiger partial charge in [-0.15, -0.1) is 13.2 Å². The number of ether oxygens (including phenoxy) is 2. The van der Waals surface area contributed by atoms with Gasteiger partial charge in [-0.05, 0) is 40.2 Å². The number of morpholine rings is 1. The minimum Gasteiger partial charge on any atom is -0.405 e. The Kier molecular flexibility index (Phi) is 5.80. The summed E-state index contributed by atoms with van der Waals surface area (Å²) in [5, 5.41) is 3.82. The summed E-state index contributed by atoms with van der Waals surface area (Å²) in [6.07, 6.45) is -1.44. The first kappa shape index (κ1) is 21.4. The van der Waals surface area contributed by atoms with Crippen LogP contribution in [0.15, 0.2) is 41.1 Å². The maximum atomic E-state index is 13.0. The fraction of sp³-hybridized carbons (Fsp3) is 0.300. The number of carbonyl (C=O) groups excluding carboxylic acids is 1. The number of carbonyl (C=O) groups is 1. The number of halogens is 4. The van der Waals surface area contributed by atoms with E-state index >= 15 is 0 Å². The quantitative estimate of drug-likeness (QED) is 0.575. The van der Waals surface area contributed by atoms with Crippen molar-refractivity contribution >= 4 is 44.2 Å². The molecule has 1 amide bonds. The number of amides is 1. The van der Waals surface area contributed by atoms with E-state index in [1.807, 2.05) is 23.9 Å². The molecule has 31 heavy (non-hydrogen) atoms. The molecule has 1 N–H and O–H groups in total. The van der Waals surface area contributed by atoms with E-state index in [4.69, 9.17) is 4.74 Å². The summed E-state index contributed by atoms with van der Waals surface area (Å²) in [4.78, 5) is 19.2. The first-order chi connectivity index (χ1) is 14.7. The van der Waals surface area contributed by atoms with Crippen molar-refractivity contribution < 1.29 is 27.4 Å². The van der Waals surface area contributed by atoms with E-state index in [9.17, 15) is 18.0 Å². The van der Waals surface area contributed by atoms with Gasteiger partial charge in [-0.25, -0.2) is 4.98 Å². The number of hydrogen-bond acceptors (Lipinski definition) is 5. The fourth-order valence-corrected chi connectivity index (χ4v) is 3.89. The van der Waals surface area contributed by atoms with Crippen LogP contribution >= 0.6 is 15.9 Å². The molecule has 3 heterocycles. The van der Waals surface area contributed by atoms with Gasteiger partial charge >= 0.3 is 6.36 Å². The third-order valence-corrected chi connectivity index (χ3v) is 5.47. The highest BCUT2D eigenvalue weighted by molar-refractivity contribution is 9.10. The number of nitrogens with zero attached hydrogens (tertiary/aromatic N) is 3. The Hall–Kier alpha value is -2.79. The van der Waals surface area contributed by atoms with E-state index < -0.39 is 6.36 Å². The van der Waals surface area contributed by atoms with Gasteiger partial charge in [0.1, 0.15) is 11.6 Å². The first-order valence-corrected chi connectivity index (χ1v) is 10.2. The third-order valence-electron chi connectivity index (χ3n) is 4.85. The minimum absolute atomic E-state index is 0.120. The molecule has 0 radical (unpaired) electrons. The normalized spacial score (nSPS) is 14.7. The fourth-order valence-electron chi connectivity index (χ4n) is 3.43. The van der Waals surface area contributed by atoms with Crippen LogP contribution in [0.1, 0.15) is 10.4 Å². The second-order valence-corrected chi connectivity index (χ2v) is 7.79. The molecule has 0 unspecified atom stereocenters. The number of benzene rings is 1. The minimum atomic E-state index is -4.78. The number of aromatic nitrogens is 2. The van der Waals surface area contributed by atoms with Gasteiger partial charge in [0.15, 0.2) is 0 Å². The van der Waals surface area contributed by atoms with Crippen molar-refractivity contribution in [3.05, 3.63) is 46.7 Å². The average molecular weight is 499 g/mol. The lowest BCUT2D eigenvalue weighted by Gasteiger charge is -2.27. The maximum Gasteiger partial charge on any atom is 0.573 e. The summed E-state index contributed by atoms with van der Waals surface area (Å²) in [5.74, 6) is 0.0124. The lowest BCUT2D eigenvalue weighted by Crippen LogP contribution is -2.40. The predicted molar refractivity (Wildman–Crippen MR) is 112 cm³/mol. The van der Waals surface area contributed by atoms with E-state index in [0.717, 1.165) is 0 Å². The van der Waals surface area contributed by atoms with Gasteiger partial charge < -0.3 is 24.3 Å². The third kappa shape index (κ3) is 4.62. The summed E-state index contributed by atoms with van der Waals surface area (Å²) in [5.41, 5.74) is 1.70. The molecule has 1 saturated heterocycles. The molecule has 2 aromatic heterocycles. The van der Waals surface area contributed by atoms with E-state index in [1.165, 1.54) is 24.4 Å². The van der Waals surface area contributed by atoms with Gasteiger partial charge in [-0.3, -0.25) is 4.79 Å². The van der Waals surface area contributed by atoms with Crippen molar-refractivity contribution in [2.45, 2.75) is 6.36 Å². The lowest BCUT2D eigenvalue weighted by atomic mass is 10.1. The number of pyridine rings is 1. The summed E-state index contributed by atoms with van der Waals surface area (Å²) >= 11 is 3.09. The van der Waals surface area contributed by atoms with Gasteiger partial charge in [0.2, 0.25) is 0 Å². The van der Waals surface area contributed by atoms with Crippen LogP contribution < -0.4 is 10.1 Å². The van der Waals surface area contributed by atoms with Crippen LogP contribution in [0.2, 0.25) is 0 Å². The SMILES string of the molecule is Cn1ccc2c(Nc3ccc(OC(F)(F)F)c(Br)c3)ncc(C(=O)N3CCOCC3)c21.